The number of hydrogen-bond donors (Lipinski definition) is 0. The Balaban J connectivity index is 2.25. The molecule has 0 aliphatic carbocycles. The highest BCUT2D eigenvalue weighted by Gasteiger charge is 2.45. The van der Waals surface area contributed by atoms with Crippen molar-refractivity contribution in [3.05, 3.63) is 12.2 Å². The van der Waals surface area contributed by atoms with Crippen LogP contribution in [-0.2, 0) is 0 Å². The molecule has 0 radical (unpaired) electrons. The molecule has 2 rings (SSSR count). The average Bonchev–Trinajstić information content (AvgIpc) is 3.11. The van der Waals surface area contributed by atoms with Crippen LogP contribution < -0.4 is 0 Å². The summed E-state index contributed by atoms with van der Waals surface area (Å²) in [4.78, 5) is 5.61. The fourth-order valence-corrected chi connectivity index (χ4v) is 4.52. The van der Waals surface area contributed by atoms with Crippen molar-refractivity contribution in [2.24, 2.45) is 5.92 Å². The van der Waals surface area contributed by atoms with E-state index in [0.29, 0.717) is 11.6 Å². The predicted octanol–water partition coefficient (Wildman–Crippen LogP) is 2.26. The summed E-state index contributed by atoms with van der Waals surface area (Å²) >= 11 is 0. The van der Waals surface area contributed by atoms with Gasteiger partial charge in [-0.2, -0.15) is 0 Å². The van der Waals surface area contributed by atoms with E-state index >= 15 is 0 Å². The van der Waals surface area contributed by atoms with Crippen LogP contribution in [0.15, 0.2) is 12.2 Å². The van der Waals surface area contributed by atoms with Crippen molar-refractivity contribution in [2.45, 2.75) is 57.7 Å². The molecule has 2 heterocycles. The number of nitrogens with zero attached hydrogens (tertiary/aromatic N) is 2. The lowest BCUT2D eigenvalue weighted by atomic mass is 9.87. The van der Waals surface area contributed by atoms with Crippen molar-refractivity contribution in [1.82, 2.24) is 9.80 Å². The summed E-state index contributed by atoms with van der Waals surface area (Å²) in [6.07, 6.45) is 11.8. The summed E-state index contributed by atoms with van der Waals surface area (Å²) in [6.45, 7) is 10.1. The SMILES string of the molecule is CCC(C(C)/C=C/C[SiH3])(N1CCCC1)N1CCCC1. The molecular weight excluding hydrogens is 248 g/mol. The van der Waals surface area contributed by atoms with Gasteiger partial charge in [-0.05, 0) is 64.3 Å². The van der Waals surface area contributed by atoms with Gasteiger partial charge in [0.05, 0.1) is 5.66 Å². The van der Waals surface area contributed by atoms with E-state index in [1.54, 1.807) is 0 Å². The van der Waals surface area contributed by atoms with Gasteiger partial charge < -0.3 is 0 Å². The Morgan fingerprint density at radius 1 is 1.05 bits per heavy atom. The van der Waals surface area contributed by atoms with E-state index in [1.807, 2.05) is 0 Å². The average molecular weight is 281 g/mol. The molecule has 2 saturated heterocycles. The van der Waals surface area contributed by atoms with E-state index in [-0.39, 0.29) is 0 Å². The third kappa shape index (κ3) is 2.98. The lowest BCUT2D eigenvalue weighted by Gasteiger charge is -2.51. The van der Waals surface area contributed by atoms with Crippen LogP contribution in [0.25, 0.3) is 0 Å². The van der Waals surface area contributed by atoms with Gasteiger partial charge in [0.25, 0.3) is 0 Å². The Morgan fingerprint density at radius 2 is 1.53 bits per heavy atom. The molecule has 1 atom stereocenters. The zero-order chi connectivity index (χ0) is 13.7. The van der Waals surface area contributed by atoms with Gasteiger partial charge >= 0.3 is 0 Å². The van der Waals surface area contributed by atoms with Crippen molar-refractivity contribution < 1.29 is 0 Å². The molecule has 1 unspecified atom stereocenters. The van der Waals surface area contributed by atoms with Crippen LogP contribution in [0, 0.1) is 5.92 Å². The first-order chi connectivity index (χ1) is 9.25. The van der Waals surface area contributed by atoms with Crippen LogP contribution in [0.1, 0.15) is 46.0 Å². The lowest BCUT2D eigenvalue weighted by Crippen LogP contribution is -2.62. The first-order valence-corrected chi connectivity index (χ1v) is 9.84. The third-order valence-electron chi connectivity index (χ3n) is 5.22. The highest BCUT2D eigenvalue weighted by atomic mass is 28.1. The standard InChI is InChI=1S/C16H32N2Si/c1-3-16(15(2)9-8-14-19,17-10-4-5-11-17)18-12-6-7-13-18/h8-9,15H,3-7,10-14H2,1-2,19H3/b9-8+. The first-order valence-electron chi connectivity index (χ1n) is 8.42. The van der Waals surface area contributed by atoms with Gasteiger partial charge in [0, 0.05) is 16.2 Å². The second-order valence-electron chi connectivity index (χ2n) is 6.25. The van der Waals surface area contributed by atoms with E-state index in [4.69, 9.17) is 0 Å². The zero-order valence-electron chi connectivity index (χ0n) is 13.2. The number of allylic oxidation sites excluding steroid dienone is 1. The smallest absolute Gasteiger partial charge is 0.0796 e. The summed E-state index contributed by atoms with van der Waals surface area (Å²) in [6, 6.07) is 1.30. The van der Waals surface area contributed by atoms with E-state index in [0.717, 1.165) is 0 Å². The molecule has 2 aliphatic heterocycles. The van der Waals surface area contributed by atoms with Crippen LogP contribution in [0.2, 0.25) is 6.04 Å². The minimum Gasteiger partial charge on any atom is -0.285 e. The first kappa shape index (κ1) is 15.3. The molecule has 2 nitrogen and oxygen atoms in total. The molecule has 0 aromatic carbocycles. The van der Waals surface area contributed by atoms with Gasteiger partial charge in [-0.1, -0.05) is 26.0 Å². The predicted molar refractivity (Wildman–Crippen MR) is 87.7 cm³/mol. The molecule has 3 heteroatoms. The van der Waals surface area contributed by atoms with E-state index in [9.17, 15) is 0 Å². The Bertz CT molecular complexity index is 275. The maximum atomic E-state index is 2.81. The molecule has 0 saturated carbocycles. The van der Waals surface area contributed by atoms with Crippen LogP contribution in [0.5, 0.6) is 0 Å². The number of hydrogen-bond acceptors (Lipinski definition) is 2. The van der Waals surface area contributed by atoms with E-state index in [1.165, 1.54) is 74.6 Å². The van der Waals surface area contributed by atoms with Crippen molar-refractivity contribution in [2.75, 3.05) is 26.2 Å². The molecule has 0 aromatic heterocycles. The molecule has 2 aliphatic rings. The molecule has 0 bridgehead atoms. The maximum Gasteiger partial charge on any atom is 0.0796 e. The van der Waals surface area contributed by atoms with E-state index < -0.39 is 0 Å². The molecule has 110 valence electrons. The monoisotopic (exact) mass is 280 g/mol. The topological polar surface area (TPSA) is 6.48 Å². The minimum atomic E-state index is 0.306. The van der Waals surface area contributed by atoms with Gasteiger partial charge in [0.15, 0.2) is 0 Å². The Morgan fingerprint density at radius 3 is 1.89 bits per heavy atom. The summed E-state index contributed by atoms with van der Waals surface area (Å²) in [5, 5.41) is 0. The van der Waals surface area contributed by atoms with Gasteiger partial charge in [0.1, 0.15) is 0 Å². The van der Waals surface area contributed by atoms with Crippen molar-refractivity contribution in [1.29, 1.82) is 0 Å². The quantitative estimate of drug-likeness (QED) is 0.544. The summed E-state index contributed by atoms with van der Waals surface area (Å²) < 4.78 is 0. The van der Waals surface area contributed by atoms with Crippen molar-refractivity contribution in [3.8, 4) is 0 Å². The molecule has 0 N–H and O–H groups in total. The second kappa shape index (κ2) is 7.05. The largest absolute Gasteiger partial charge is 0.285 e. The third-order valence-corrected chi connectivity index (χ3v) is 5.69. The van der Waals surface area contributed by atoms with Gasteiger partial charge in [-0.15, -0.1) is 0 Å². The Hall–Kier alpha value is -0.123. The molecule has 19 heavy (non-hydrogen) atoms. The fraction of sp³-hybridized carbons (Fsp3) is 0.875. The highest BCUT2D eigenvalue weighted by Crippen LogP contribution is 2.38. The Labute approximate surface area is 122 Å². The molecule has 0 aromatic rings. The molecule has 0 amide bonds. The number of likely N-dealkylation sites (tertiary alicyclic amines) is 2. The molecule has 2 fully saturated rings. The van der Waals surface area contributed by atoms with Crippen LogP contribution in [-0.4, -0.2) is 51.9 Å². The van der Waals surface area contributed by atoms with Crippen molar-refractivity contribution in [3.63, 3.8) is 0 Å². The van der Waals surface area contributed by atoms with Crippen LogP contribution >= 0.6 is 0 Å². The molecule has 0 spiro atoms. The summed E-state index contributed by atoms with van der Waals surface area (Å²) in [5.41, 5.74) is 0.306. The summed E-state index contributed by atoms with van der Waals surface area (Å²) in [5.74, 6) is 0.655. The lowest BCUT2D eigenvalue weighted by molar-refractivity contribution is -0.0652. The normalized spacial score (nSPS) is 24.7. The zero-order valence-corrected chi connectivity index (χ0v) is 15.2. The van der Waals surface area contributed by atoms with Crippen LogP contribution in [0.4, 0.5) is 0 Å². The van der Waals surface area contributed by atoms with Gasteiger partial charge in [0.2, 0.25) is 0 Å². The fourth-order valence-electron chi connectivity index (χ4n) is 4.25. The van der Waals surface area contributed by atoms with Crippen molar-refractivity contribution >= 4 is 10.2 Å². The van der Waals surface area contributed by atoms with Gasteiger partial charge in [-0.25, -0.2) is 0 Å². The van der Waals surface area contributed by atoms with Crippen LogP contribution in [0.3, 0.4) is 0 Å². The summed E-state index contributed by atoms with van der Waals surface area (Å²) in [7, 11) is 1.29. The van der Waals surface area contributed by atoms with E-state index in [2.05, 4.69) is 35.8 Å². The number of rotatable bonds is 6. The van der Waals surface area contributed by atoms with Gasteiger partial charge in [-0.3, -0.25) is 9.80 Å². The second-order valence-corrected chi connectivity index (χ2v) is 7.06. The minimum absolute atomic E-state index is 0.306. The highest BCUT2D eigenvalue weighted by molar-refractivity contribution is 6.09. The Kier molecular flexibility index (Phi) is 5.66. The molecular formula is C16H32N2Si. The maximum absolute atomic E-state index is 2.81.